The number of nitrogens with one attached hydrogen (secondary N) is 1. The molecule has 0 saturated heterocycles. The van der Waals surface area contributed by atoms with Crippen molar-refractivity contribution >= 4 is 34.2 Å². The molecular weight excluding hydrogens is 295 g/mol. The van der Waals surface area contributed by atoms with Crippen molar-refractivity contribution in [3.63, 3.8) is 0 Å². The van der Waals surface area contributed by atoms with Crippen LogP contribution < -0.4 is 11.1 Å². The van der Waals surface area contributed by atoms with E-state index in [-0.39, 0.29) is 24.4 Å². The van der Waals surface area contributed by atoms with Crippen molar-refractivity contribution in [2.24, 2.45) is 11.7 Å². The van der Waals surface area contributed by atoms with Gasteiger partial charge in [0.2, 0.25) is 0 Å². The van der Waals surface area contributed by atoms with Gasteiger partial charge in [-0.25, -0.2) is 0 Å². The smallest absolute Gasteiger partial charge is 0.254 e. The Morgan fingerprint density at radius 2 is 2.38 bits per heavy atom. The highest BCUT2D eigenvalue weighted by molar-refractivity contribution is 9.10. The van der Waals surface area contributed by atoms with Gasteiger partial charge in [0, 0.05) is 18.7 Å². The Labute approximate surface area is 108 Å². The number of halogens is 2. The molecule has 1 aromatic heterocycles. The van der Waals surface area contributed by atoms with Crippen LogP contribution >= 0.6 is 28.3 Å². The Balaban J connectivity index is 0.00000128. The molecule has 1 amide bonds. The first-order valence-corrected chi connectivity index (χ1v) is 5.74. The summed E-state index contributed by atoms with van der Waals surface area (Å²) in [6.45, 7) is 0.534. The molecule has 0 spiro atoms. The van der Waals surface area contributed by atoms with Crippen LogP contribution in [0.15, 0.2) is 21.4 Å². The molecule has 1 fully saturated rings. The van der Waals surface area contributed by atoms with E-state index in [4.69, 9.17) is 10.2 Å². The van der Waals surface area contributed by atoms with Crippen molar-refractivity contribution in [3.05, 3.63) is 22.6 Å². The Morgan fingerprint density at radius 1 is 1.69 bits per heavy atom. The summed E-state index contributed by atoms with van der Waals surface area (Å²) in [6.07, 6.45) is 3.80. The molecule has 0 radical (unpaired) electrons. The third-order valence-electron chi connectivity index (χ3n) is 2.56. The molecule has 16 heavy (non-hydrogen) atoms. The number of hydrogen-bond acceptors (Lipinski definition) is 3. The summed E-state index contributed by atoms with van der Waals surface area (Å²) in [6, 6.07) is 1.72. The molecule has 6 heteroatoms. The summed E-state index contributed by atoms with van der Waals surface area (Å²) in [5.41, 5.74) is 6.38. The largest absolute Gasteiger partial charge is 0.457 e. The van der Waals surface area contributed by atoms with E-state index in [1.165, 1.54) is 19.1 Å². The molecule has 4 nitrogen and oxygen atoms in total. The van der Waals surface area contributed by atoms with Crippen molar-refractivity contribution in [1.29, 1.82) is 0 Å². The predicted octanol–water partition coefficient (Wildman–Crippen LogP) is 1.93. The second-order valence-corrected chi connectivity index (χ2v) is 4.63. The number of carbonyl (C=O) groups is 1. The van der Waals surface area contributed by atoms with Gasteiger partial charge < -0.3 is 15.5 Å². The fourth-order valence-corrected chi connectivity index (χ4v) is 1.77. The second-order valence-electron chi connectivity index (χ2n) is 3.85. The van der Waals surface area contributed by atoms with Crippen LogP contribution in [-0.2, 0) is 0 Å². The number of furan rings is 1. The van der Waals surface area contributed by atoms with E-state index in [9.17, 15) is 4.79 Å². The van der Waals surface area contributed by atoms with Gasteiger partial charge in [0.15, 0.2) is 4.67 Å². The normalized spacial score (nSPS) is 16.4. The van der Waals surface area contributed by atoms with E-state index in [2.05, 4.69) is 21.2 Å². The molecule has 0 aromatic carbocycles. The molecule has 1 atom stereocenters. The summed E-state index contributed by atoms with van der Waals surface area (Å²) in [5.74, 6) is 0.460. The van der Waals surface area contributed by atoms with Crippen LogP contribution in [0.25, 0.3) is 0 Å². The third-order valence-corrected chi connectivity index (χ3v) is 2.97. The zero-order valence-corrected chi connectivity index (χ0v) is 11.0. The van der Waals surface area contributed by atoms with Crippen molar-refractivity contribution in [2.75, 3.05) is 6.54 Å². The van der Waals surface area contributed by atoms with E-state index in [0.29, 0.717) is 22.7 Å². The van der Waals surface area contributed by atoms with Crippen LogP contribution in [0.5, 0.6) is 0 Å². The van der Waals surface area contributed by atoms with Gasteiger partial charge in [0.25, 0.3) is 5.91 Å². The van der Waals surface area contributed by atoms with Gasteiger partial charge in [-0.15, -0.1) is 12.4 Å². The maximum atomic E-state index is 11.6. The molecule has 2 rings (SSSR count). The minimum Gasteiger partial charge on any atom is -0.457 e. The van der Waals surface area contributed by atoms with E-state index >= 15 is 0 Å². The lowest BCUT2D eigenvalue weighted by Crippen LogP contribution is -2.38. The van der Waals surface area contributed by atoms with Gasteiger partial charge in [0.05, 0.1) is 5.56 Å². The molecule has 1 heterocycles. The van der Waals surface area contributed by atoms with E-state index in [1.54, 1.807) is 6.07 Å². The number of nitrogens with two attached hydrogens (primary N) is 1. The predicted molar refractivity (Wildman–Crippen MR) is 66.7 cm³/mol. The highest BCUT2D eigenvalue weighted by atomic mass is 79.9. The quantitative estimate of drug-likeness (QED) is 0.893. The van der Waals surface area contributed by atoms with Gasteiger partial charge in [-0.1, -0.05) is 0 Å². The molecule has 0 bridgehead atoms. The van der Waals surface area contributed by atoms with Crippen LogP contribution in [0.1, 0.15) is 23.2 Å². The van der Waals surface area contributed by atoms with Crippen molar-refractivity contribution < 1.29 is 9.21 Å². The Bertz CT molecular complexity index is 365. The van der Waals surface area contributed by atoms with Crippen molar-refractivity contribution in [2.45, 2.75) is 18.9 Å². The molecule has 1 aromatic rings. The maximum Gasteiger partial charge on any atom is 0.254 e. The highest BCUT2D eigenvalue weighted by Gasteiger charge is 2.28. The number of carbonyl (C=O) groups excluding carboxylic acids is 1. The van der Waals surface area contributed by atoms with E-state index < -0.39 is 0 Å². The lowest BCUT2D eigenvalue weighted by atomic mass is 10.2. The molecule has 1 aliphatic rings. The van der Waals surface area contributed by atoms with Crippen molar-refractivity contribution in [1.82, 2.24) is 5.32 Å². The maximum absolute atomic E-state index is 11.6. The molecule has 1 aliphatic carbocycles. The van der Waals surface area contributed by atoms with Gasteiger partial charge in [-0.2, -0.15) is 0 Å². The summed E-state index contributed by atoms with van der Waals surface area (Å²) in [7, 11) is 0. The SMILES string of the molecule is Cl.NC(CNC(=O)c1coc(Br)c1)C1CC1. The van der Waals surface area contributed by atoms with Crippen LogP contribution in [-0.4, -0.2) is 18.5 Å². The minimum absolute atomic E-state index is 0. The number of amides is 1. The Morgan fingerprint density at radius 3 is 2.88 bits per heavy atom. The monoisotopic (exact) mass is 308 g/mol. The molecule has 0 aliphatic heterocycles. The number of rotatable bonds is 4. The summed E-state index contributed by atoms with van der Waals surface area (Å²) in [4.78, 5) is 11.6. The van der Waals surface area contributed by atoms with Gasteiger partial charge in [-0.3, -0.25) is 4.79 Å². The second kappa shape index (κ2) is 5.70. The molecule has 1 unspecified atom stereocenters. The van der Waals surface area contributed by atoms with Crippen molar-refractivity contribution in [3.8, 4) is 0 Å². The standard InChI is InChI=1S/C10H13BrN2O2.ClH/c11-9-3-7(5-15-9)10(14)13-4-8(12)6-1-2-6;/h3,5-6,8H,1-2,4,12H2,(H,13,14);1H. The topological polar surface area (TPSA) is 68.3 Å². The first kappa shape index (κ1) is 13.5. The zero-order valence-electron chi connectivity index (χ0n) is 8.61. The zero-order chi connectivity index (χ0) is 10.8. The highest BCUT2D eigenvalue weighted by Crippen LogP contribution is 2.31. The molecule has 90 valence electrons. The molecule has 3 N–H and O–H groups in total. The average Bonchev–Trinajstić information content (AvgIpc) is 2.97. The third kappa shape index (κ3) is 3.50. The molecule has 1 saturated carbocycles. The summed E-state index contributed by atoms with van der Waals surface area (Å²) < 4.78 is 5.53. The number of hydrogen-bond donors (Lipinski definition) is 2. The lowest BCUT2D eigenvalue weighted by Gasteiger charge is -2.10. The lowest BCUT2D eigenvalue weighted by molar-refractivity contribution is 0.0949. The fourth-order valence-electron chi connectivity index (χ4n) is 1.43. The Hall–Kier alpha value is -0.520. The average molecular weight is 310 g/mol. The summed E-state index contributed by atoms with van der Waals surface area (Å²) in [5, 5.41) is 2.79. The van der Waals surface area contributed by atoms with Crippen LogP contribution in [0.4, 0.5) is 0 Å². The Kier molecular flexibility index (Phi) is 4.83. The van der Waals surface area contributed by atoms with Gasteiger partial charge >= 0.3 is 0 Å². The summed E-state index contributed by atoms with van der Waals surface area (Å²) >= 11 is 3.14. The van der Waals surface area contributed by atoms with Crippen LogP contribution in [0, 0.1) is 5.92 Å². The minimum atomic E-state index is -0.138. The van der Waals surface area contributed by atoms with Crippen LogP contribution in [0.3, 0.4) is 0 Å². The van der Waals surface area contributed by atoms with Gasteiger partial charge in [0.1, 0.15) is 6.26 Å². The first-order chi connectivity index (χ1) is 7.16. The van der Waals surface area contributed by atoms with Gasteiger partial charge in [-0.05, 0) is 34.7 Å². The van der Waals surface area contributed by atoms with E-state index in [1.807, 2.05) is 0 Å². The van der Waals surface area contributed by atoms with E-state index in [0.717, 1.165) is 0 Å². The first-order valence-electron chi connectivity index (χ1n) is 4.94. The fraction of sp³-hybridized carbons (Fsp3) is 0.500. The molecular formula is C10H14BrClN2O2. The van der Waals surface area contributed by atoms with Crippen LogP contribution in [0.2, 0.25) is 0 Å².